The number of hydrogen-bond acceptors (Lipinski definition) is 2. The highest BCUT2D eigenvalue weighted by molar-refractivity contribution is 7.99. The minimum absolute atomic E-state index is 0.723. The lowest BCUT2D eigenvalue weighted by Gasteiger charge is -2.20. The Morgan fingerprint density at radius 3 is 2.82 bits per heavy atom. The molecule has 1 saturated carbocycles. The summed E-state index contributed by atoms with van der Waals surface area (Å²) in [6.07, 6.45) is 12.9. The Labute approximate surface area is 112 Å². The van der Waals surface area contributed by atoms with E-state index in [-0.39, 0.29) is 0 Å². The molecule has 1 rings (SSSR count). The normalized spacial score (nSPS) is 18.4. The molecule has 2 heteroatoms. The van der Waals surface area contributed by atoms with E-state index in [1.807, 2.05) is 6.08 Å². The van der Waals surface area contributed by atoms with Gasteiger partial charge in [-0.25, -0.2) is 0 Å². The lowest BCUT2D eigenvalue weighted by atomic mass is 10.1. The zero-order valence-corrected chi connectivity index (χ0v) is 12.2. The molecule has 0 aromatic rings. The molecule has 0 aromatic heterocycles. The average molecular weight is 255 g/mol. The van der Waals surface area contributed by atoms with Crippen LogP contribution in [0.25, 0.3) is 0 Å². The van der Waals surface area contributed by atoms with E-state index >= 15 is 0 Å². The summed E-state index contributed by atoms with van der Waals surface area (Å²) in [6, 6.07) is 0.723. The summed E-state index contributed by atoms with van der Waals surface area (Å²) in [5.41, 5.74) is 0. The van der Waals surface area contributed by atoms with Gasteiger partial charge in [-0.15, -0.1) is 6.58 Å². The zero-order chi connectivity index (χ0) is 12.3. The molecule has 1 fully saturated rings. The molecule has 0 aromatic carbocycles. The van der Waals surface area contributed by atoms with Crippen LogP contribution in [0.5, 0.6) is 0 Å². The van der Waals surface area contributed by atoms with Gasteiger partial charge in [-0.1, -0.05) is 25.8 Å². The fourth-order valence-electron chi connectivity index (χ4n) is 2.41. The van der Waals surface area contributed by atoms with Gasteiger partial charge in [0.25, 0.3) is 0 Å². The molecular weight excluding hydrogens is 226 g/mol. The van der Waals surface area contributed by atoms with Gasteiger partial charge in [0, 0.05) is 17.0 Å². The van der Waals surface area contributed by atoms with Gasteiger partial charge in [0.05, 0.1) is 0 Å². The first-order chi connectivity index (χ1) is 8.36. The highest BCUT2D eigenvalue weighted by Gasteiger charge is 2.17. The maximum atomic E-state index is 3.80. The number of nitrogens with one attached hydrogen (secondary N) is 1. The van der Waals surface area contributed by atoms with E-state index in [0.29, 0.717) is 0 Å². The Hall–Kier alpha value is 0.0500. The molecule has 0 aliphatic heterocycles. The number of thioether (sulfide) groups is 1. The smallest absolute Gasteiger partial charge is 0.0158 e. The van der Waals surface area contributed by atoms with Gasteiger partial charge in [-0.3, -0.25) is 0 Å². The van der Waals surface area contributed by atoms with Crippen LogP contribution in [-0.4, -0.2) is 23.6 Å². The molecule has 0 radical (unpaired) electrons. The molecule has 100 valence electrons. The average Bonchev–Trinajstić information content (AvgIpc) is 2.85. The maximum Gasteiger partial charge on any atom is 0.0158 e. The Bertz CT molecular complexity index is 187. The lowest BCUT2D eigenvalue weighted by molar-refractivity contribution is 0.506. The minimum Gasteiger partial charge on any atom is -0.313 e. The Kier molecular flexibility index (Phi) is 8.90. The topological polar surface area (TPSA) is 12.0 Å². The van der Waals surface area contributed by atoms with Crippen LogP contribution in [-0.2, 0) is 0 Å². The van der Waals surface area contributed by atoms with E-state index in [1.54, 1.807) is 0 Å². The molecule has 1 unspecified atom stereocenters. The monoisotopic (exact) mass is 255 g/mol. The van der Waals surface area contributed by atoms with Crippen LogP contribution in [0, 0.1) is 0 Å². The molecule has 0 spiro atoms. The Morgan fingerprint density at radius 1 is 1.41 bits per heavy atom. The molecule has 0 bridgehead atoms. The van der Waals surface area contributed by atoms with Gasteiger partial charge in [0.15, 0.2) is 0 Å². The van der Waals surface area contributed by atoms with E-state index in [2.05, 4.69) is 30.6 Å². The van der Waals surface area contributed by atoms with Crippen molar-refractivity contribution in [2.45, 2.75) is 69.6 Å². The second-order valence-electron chi connectivity index (χ2n) is 5.11. The van der Waals surface area contributed by atoms with Gasteiger partial charge in [-0.2, -0.15) is 11.8 Å². The van der Waals surface area contributed by atoms with Gasteiger partial charge < -0.3 is 5.32 Å². The molecule has 1 aliphatic rings. The SMILES string of the molecule is C=CCCCC(CSC1CCCC1)NCCC. The van der Waals surface area contributed by atoms with Crippen LogP contribution in [0.1, 0.15) is 58.3 Å². The summed E-state index contributed by atoms with van der Waals surface area (Å²) >= 11 is 2.21. The van der Waals surface area contributed by atoms with Gasteiger partial charge in [-0.05, 0) is 45.1 Å². The van der Waals surface area contributed by atoms with Crippen molar-refractivity contribution in [1.29, 1.82) is 0 Å². The minimum atomic E-state index is 0.723. The van der Waals surface area contributed by atoms with Crippen LogP contribution >= 0.6 is 11.8 Å². The largest absolute Gasteiger partial charge is 0.313 e. The molecule has 0 amide bonds. The third-order valence-corrected chi connectivity index (χ3v) is 5.02. The summed E-state index contributed by atoms with van der Waals surface area (Å²) in [4.78, 5) is 0. The molecule has 0 saturated heterocycles. The van der Waals surface area contributed by atoms with Crippen molar-refractivity contribution in [3.8, 4) is 0 Å². The third-order valence-electron chi connectivity index (χ3n) is 3.48. The van der Waals surface area contributed by atoms with Crippen LogP contribution < -0.4 is 5.32 Å². The predicted octanol–water partition coefficient (Wildman–Crippen LogP) is 4.39. The third kappa shape index (κ3) is 7.15. The van der Waals surface area contributed by atoms with E-state index in [9.17, 15) is 0 Å². The maximum absolute atomic E-state index is 3.80. The van der Waals surface area contributed by atoms with Crippen molar-refractivity contribution in [2.24, 2.45) is 0 Å². The first-order valence-electron chi connectivity index (χ1n) is 7.32. The van der Waals surface area contributed by atoms with Crippen LogP contribution in [0.15, 0.2) is 12.7 Å². The summed E-state index contributed by atoms with van der Waals surface area (Å²) in [5.74, 6) is 1.31. The first kappa shape index (κ1) is 15.1. The number of rotatable bonds is 10. The summed E-state index contributed by atoms with van der Waals surface area (Å²) < 4.78 is 0. The number of hydrogen-bond donors (Lipinski definition) is 1. The Balaban J connectivity index is 2.15. The van der Waals surface area contributed by atoms with Crippen molar-refractivity contribution in [2.75, 3.05) is 12.3 Å². The second kappa shape index (κ2) is 10.0. The number of allylic oxidation sites excluding steroid dienone is 1. The van der Waals surface area contributed by atoms with Crippen molar-refractivity contribution in [1.82, 2.24) is 5.32 Å². The van der Waals surface area contributed by atoms with Gasteiger partial charge >= 0.3 is 0 Å². The summed E-state index contributed by atoms with van der Waals surface area (Å²) in [5, 5.41) is 4.66. The summed E-state index contributed by atoms with van der Waals surface area (Å²) in [7, 11) is 0. The van der Waals surface area contributed by atoms with Crippen molar-refractivity contribution >= 4 is 11.8 Å². The van der Waals surface area contributed by atoms with E-state index < -0.39 is 0 Å². The quantitative estimate of drug-likeness (QED) is 0.459. The van der Waals surface area contributed by atoms with Crippen LogP contribution in [0.4, 0.5) is 0 Å². The molecule has 1 aliphatic carbocycles. The molecule has 1 N–H and O–H groups in total. The molecule has 17 heavy (non-hydrogen) atoms. The fraction of sp³-hybridized carbons (Fsp3) is 0.867. The summed E-state index contributed by atoms with van der Waals surface area (Å²) in [6.45, 7) is 7.22. The zero-order valence-electron chi connectivity index (χ0n) is 11.4. The standard InChI is InChI=1S/C15H29NS/c1-3-5-6-9-14(16-12-4-2)13-17-15-10-7-8-11-15/h3,14-16H,1,4-13H2,2H3. The van der Waals surface area contributed by atoms with Crippen molar-refractivity contribution < 1.29 is 0 Å². The molecule has 1 nitrogen and oxygen atoms in total. The molecule has 1 atom stereocenters. The molecule has 0 heterocycles. The fourth-order valence-corrected chi connectivity index (χ4v) is 3.86. The van der Waals surface area contributed by atoms with Crippen LogP contribution in [0.2, 0.25) is 0 Å². The highest BCUT2D eigenvalue weighted by Crippen LogP contribution is 2.30. The second-order valence-corrected chi connectivity index (χ2v) is 6.44. The van der Waals surface area contributed by atoms with Crippen molar-refractivity contribution in [3.05, 3.63) is 12.7 Å². The Morgan fingerprint density at radius 2 is 2.18 bits per heavy atom. The van der Waals surface area contributed by atoms with E-state index in [1.165, 1.54) is 63.7 Å². The van der Waals surface area contributed by atoms with E-state index in [4.69, 9.17) is 0 Å². The van der Waals surface area contributed by atoms with Gasteiger partial charge in [0.1, 0.15) is 0 Å². The molecular formula is C15H29NS. The first-order valence-corrected chi connectivity index (χ1v) is 8.37. The van der Waals surface area contributed by atoms with E-state index in [0.717, 1.165) is 11.3 Å². The van der Waals surface area contributed by atoms with Crippen molar-refractivity contribution in [3.63, 3.8) is 0 Å². The van der Waals surface area contributed by atoms with Gasteiger partial charge in [0.2, 0.25) is 0 Å². The predicted molar refractivity (Wildman–Crippen MR) is 80.8 cm³/mol. The number of unbranched alkanes of at least 4 members (excludes halogenated alkanes) is 1. The van der Waals surface area contributed by atoms with Crippen LogP contribution in [0.3, 0.4) is 0 Å². The lowest BCUT2D eigenvalue weighted by Crippen LogP contribution is -2.32. The highest BCUT2D eigenvalue weighted by atomic mass is 32.2.